The van der Waals surface area contributed by atoms with E-state index in [0.717, 1.165) is 6.42 Å². The Labute approximate surface area is 151 Å². The third-order valence-corrected chi connectivity index (χ3v) is 4.37. The van der Waals surface area contributed by atoms with Crippen LogP contribution in [0, 0.1) is 0 Å². The van der Waals surface area contributed by atoms with Gasteiger partial charge in [0.2, 0.25) is 0 Å². The Hall–Kier alpha value is -2.59. The zero-order valence-electron chi connectivity index (χ0n) is 13.7. The summed E-state index contributed by atoms with van der Waals surface area (Å²) in [6.45, 7) is 0.898. The third kappa shape index (κ3) is 4.48. The third-order valence-electron chi connectivity index (χ3n) is 4.11. The van der Waals surface area contributed by atoms with Crippen molar-refractivity contribution < 1.29 is 14.3 Å². The Morgan fingerprint density at radius 1 is 1.04 bits per heavy atom. The fourth-order valence-electron chi connectivity index (χ4n) is 2.70. The van der Waals surface area contributed by atoms with Gasteiger partial charge in [-0.2, -0.15) is 0 Å². The van der Waals surface area contributed by atoms with Crippen molar-refractivity contribution in [3.63, 3.8) is 0 Å². The van der Waals surface area contributed by atoms with Crippen molar-refractivity contribution in [2.45, 2.75) is 6.42 Å². The first-order valence-corrected chi connectivity index (χ1v) is 8.46. The van der Waals surface area contributed by atoms with E-state index in [2.05, 4.69) is 18.2 Å². The predicted molar refractivity (Wildman–Crippen MR) is 97.4 cm³/mol. The molecule has 1 aliphatic heterocycles. The molecule has 1 aliphatic rings. The highest BCUT2D eigenvalue weighted by Crippen LogP contribution is 2.22. The number of halogens is 1. The molecule has 0 saturated carbocycles. The van der Waals surface area contributed by atoms with Crippen LogP contribution in [0.2, 0.25) is 5.02 Å². The molecule has 0 atom stereocenters. The number of nitrogens with zero attached hydrogens (tertiary/aromatic N) is 1. The molecule has 25 heavy (non-hydrogen) atoms. The van der Waals surface area contributed by atoms with Crippen molar-refractivity contribution in [2.24, 2.45) is 0 Å². The normalized spacial score (nSPS) is 14.0. The van der Waals surface area contributed by atoms with Gasteiger partial charge in [0.1, 0.15) is 0 Å². The fraction of sp³-hybridized carbons (Fsp3) is 0.200. The molecule has 5 heteroatoms. The Bertz CT molecular complexity index is 784. The summed E-state index contributed by atoms with van der Waals surface area (Å²) < 4.78 is 5.10. The summed E-state index contributed by atoms with van der Waals surface area (Å²) in [6.07, 6.45) is 2.85. The second-order valence-electron chi connectivity index (χ2n) is 5.77. The van der Waals surface area contributed by atoms with Gasteiger partial charge in [-0.15, -0.1) is 0 Å². The lowest BCUT2D eigenvalue weighted by atomic mass is 10.00. The average molecular weight is 356 g/mol. The van der Waals surface area contributed by atoms with Gasteiger partial charge in [-0.1, -0.05) is 48.0 Å². The number of ether oxygens (including phenoxy) is 1. The van der Waals surface area contributed by atoms with Gasteiger partial charge in [0.05, 0.1) is 5.56 Å². The molecule has 128 valence electrons. The number of carbonyl (C=O) groups excluding carboxylic acids is 2. The molecule has 0 aromatic heterocycles. The van der Waals surface area contributed by atoms with Gasteiger partial charge in [-0.3, -0.25) is 4.79 Å². The van der Waals surface area contributed by atoms with Crippen molar-refractivity contribution in [1.82, 2.24) is 4.90 Å². The molecule has 4 nitrogen and oxygen atoms in total. The summed E-state index contributed by atoms with van der Waals surface area (Å²) in [5, 5.41) is 0.543. The van der Waals surface area contributed by atoms with Crippen LogP contribution >= 0.6 is 11.6 Å². The van der Waals surface area contributed by atoms with Gasteiger partial charge in [-0.05, 0) is 41.8 Å². The van der Waals surface area contributed by atoms with Crippen molar-refractivity contribution in [3.05, 3.63) is 76.8 Å². The smallest absolute Gasteiger partial charge is 0.338 e. The summed E-state index contributed by atoms with van der Waals surface area (Å²) in [6, 6.07) is 16.5. The minimum absolute atomic E-state index is 0.189. The predicted octanol–water partition coefficient (Wildman–Crippen LogP) is 3.81. The van der Waals surface area contributed by atoms with E-state index in [0.29, 0.717) is 23.7 Å². The number of amides is 1. The summed E-state index contributed by atoms with van der Waals surface area (Å²) in [5.41, 5.74) is 2.80. The molecule has 0 unspecified atom stereocenters. The van der Waals surface area contributed by atoms with Gasteiger partial charge >= 0.3 is 5.97 Å². The topological polar surface area (TPSA) is 46.6 Å². The minimum atomic E-state index is -0.525. The van der Waals surface area contributed by atoms with E-state index in [-0.39, 0.29) is 12.5 Å². The molecule has 0 aliphatic carbocycles. The Kier molecular flexibility index (Phi) is 5.51. The maximum absolute atomic E-state index is 12.2. The number of hydrogen-bond donors (Lipinski definition) is 0. The maximum atomic E-state index is 12.2. The van der Waals surface area contributed by atoms with Crippen LogP contribution in [-0.2, 0) is 9.53 Å². The first-order chi connectivity index (χ1) is 12.1. The van der Waals surface area contributed by atoms with Crippen LogP contribution in [0.3, 0.4) is 0 Å². The number of hydrogen-bond acceptors (Lipinski definition) is 3. The Morgan fingerprint density at radius 2 is 1.76 bits per heavy atom. The van der Waals surface area contributed by atoms with Gasteiger partial charge in [-0.25, -0.2) is 4.79 Å². The van der Waals surface area contributed by atoms with E-state index >= 15 is 0 Å². The van der Waals surface area contributed by atoms with Crippen LogP contribution in [0.15, 0.2) is 60.7 Å². The number of benzene rings is 2. The van der Waals surface area contributed by atoms with Crippen LogP contribution < -0.4 is 0 Å². The SMILES string of the molecule is O=C(OCC(=O)N1CC=C(c2ccccc2)CC1)c1ccc(Cl)cc1. The summed E-state index contributed by atoms with van der Waals surface area (Å²) in [5.74, 6) is -0.715. The van der Waals surface area contributed by atoms with Crippen LogP contribution in [0.1, 0.15) is 22.3 Å². The van der Waals surface area contributed by atoms with E-state index < -0.39 is 5.97 Å². The van der Waals surface area contributed by atoms with Crippen LogP contribution in [0.25, 0.3) is 5.57 Å². The van der Waals surface area contributed by atoms with Crippen molar-refractivity contribution in [2.75, 3.05) is 19.7 Å². The van der Waals surface area contributed by atoms with Crippen LogP contribution in [0.5, 0.6) is 0 Å². The van der Waals surface area contributed by atoms with Gasteiger partial charge in [0.15, 0.2) is 6.61 Å². The first-order valence-electron chi connectivity index (χ1n) is 8.08. The van der Waals surface area contributed by atoms with Crippen LogP contribution in [0.4, 0.5) is 0 Å². The highest BCUT2D eigenvalue weighted by molar-refractivity contribution is 6.30. The zero-order valence-corrected chi connectivity index (χ0v) is 14.4. The quantitative estimate of drug-likeness (QED) is 0.783. The molecule has 1 heterocycles. The van der Waals surface area contributed by atoms with E-state index in [4.69, 9.17) is 16.3 Å². The van der Waals surface area contributed by atoms with E-state index in [1.54, 1.807) is 29.2 Å². The molecule has 3 rings (SSSR count). The van der Waals surface area contributed by atoms with Gasteiger partial charge in [0, 0.05) is 18.1 Å². The zero-order chi connectivity index (χ0) is 17.6. The fourth-order valence-corrected chi connectivity index (χ4v) is 2.82. The molecular formula is C20H18ClNO3. The Morgan fingerprint density at radius 3 is 2.40 bits per heavy atom. The summed E-state index contributed by atoms with van der Waals surface area (Å²) in [4.78, 5) is 25.9. The standard InChI is InChI=1S/C20H18ClNO3/c21-18-8-6-17(7-9-18)20(24)25-14-19(23)22-12-10-16(11-13-22)15-4-2-1-3-5-15/h1-10H,11-14H2. The monoisotopic (exact) mass is 355 g/mol. The van der Waals surface area contributed by atoms with Gasteiger partial charge in [0.25, 0.3) is 5.91 Å². The minimum Gasteiger partial charge on any atom is -0.452 e. The van der Waals surface area contributed by atoms with E-state index in [9.17, 15) is 9.59 Å². The summed E-state index contributed by atoms with van der Waals surface area (Å²) in [7, 11) is 0. The number of carbonyl (C=O) groups is 2. The number of esters is 1. The Balaban J connectivity index is 1.52. The molecular weight excluding hydrogens is 338 g/mol. The molecule has 0 saturated heterocycles. The van der Waals surface area contributed by atoms with Crippen molar-refractivity contribution in [3.8, 4) is 0 Å². The highest BCUT2D eigenvalue weighted by Gasteiger charge is 2.19. The van der Waals surface area contributed by atoms with Gasteiger partial charge < -0.3 is 9.64 Å². The second kappa shape index (κ2) is 7.99. The molecule has 0 spiro atoms. The largest absolute Gasteiger partial charge is 0.452 e. The lowest BCUT2D eigenvalue weighted by molar-refractivity contribution is -0.134. The van der Waals surface area contributed by atoms with Crippen molar-refractivity contribution >= 4 is 29.1 Å². The molecule has 2 aromatic rings. The van der Waals surface area contributed by atoms with Crippen LogP contribution in [-0.4, -0.2) is 36.5 Å². The molecule has 0 fully saturated rings. The molecule has 0 bridgehead atoms. The molecule has 2 aromatic carbocycles. The second-order valence-corrected chi connectivity index (χ2v) is 6.20. The molecule has 0 radical (unpaired) electrons. The van der Waals surface area contributed by atoms with E-state index in [1.807, 2.05) is 18.2 Å². The van der Waals surface area contributed by atoms with E-state index in [1.165, 1.54) is 11.1 Å². The van der Waals surface area contributed by atoms with Crippen molar-refractivity contribution in [1.29, 1.82) is 0 Å². The lowest BCUT2D eigenvalue weighted by Gasteiger charge is -2.26. The molecule has 1 amide bonds. The lowest BCUT2D eigenvalue weighted by Crippen LogP contribution is -2.37. The first kappa shape index (κ1) is 17.2. The maximum Gasteiger partial charge on any atom is 0.338 e. The highest BCUT2D eigenvalue weighted by atomic mass is 35.5. The average Bonchev–Trinajstić information content (AvgIpc) is 2.67. The summed E-state index contributed by atoms with van der Waals surface area (Å²) >= 11 is 5.78. The number of rotatable bonds is 4. The molecule has 0 N–H and O–H groups in total.